The molecular formula is C7H7F3N2O. The molecule has 0 atom stereocenters. The molecule has 0 spiro atoms. The van der Waals surface area contributed by atoms with E-state index in [1.807, 2.05) is 0 Å². The molecule has 0 radical (unpaired) electrons. The van der Waals surface area contributed by atoms with Crippen molar-refractivity contribution in [3.8, 4) is 5.88 Å². The highest BCUT2D eigenvalue weighted by molar-refractivity contribution is 5.15. The fourth-order valence-corrected chi connectivity index (χ4v) is 0.819. The highest BCUT2D eigenvalue weighted by atomic mass is 19.3. The van der Waals surface area contributed by atoms with Gasteiger partial charge in [0.05, 0.1) is 5.69 Å². The van der Waals surface area contributed by atoms with Crippen LogP contribution in [0.4, 0.5) is 13.2 Å². The Hall–Kier alpha value is -1.33. The van der Waals surface area contributed by atoms with Crippen molar-refractivity contribution in [2.75, 3.05) is 0 Å². The third kappa shape index (κ3) is 2.89. The van der Waals surface area contributed by atoms with Crippen molar-refractivity contribution in [1.29, 1.82) is 0 Å². The quantitative estimate of drug-likeness (QED) is 0.733. The van der Waals surface area contributed by atoms with Crippen molar-refractivity contribution in [2.45, 2.75) is 20.2 Å². The molecule has 0 fully saturated rings. The average Bonchev–Trinajstić information content (AvgIpc) is 2.01. The Morgan fingerprint density at radius 3 is 2.69 bits per heavy atom. The minimum Gasteiger partial charge on any atom is -0.417 e. The lowest BCUT2D eigenvalue weighted by molar-refractivity contribution is -0.0530. The molecule has 0 aromatic carbocycles. The zero-order valence-corrected chi connectivity index (χ0v) is 6.80. The third-order valence-electron chi connectivity index (χ3n) is 1.21. The molecule has 0 aliphatic carbocycles. The van der Waals surface area contributed by atoms with E-state index in [1.54, 1.807) is 0 Å². The smallest absolute Gasteiger partial charge is 0.388 e. The summed E-state index contributed by atoms with van der Waals surface area (Å²) in [5, 5.41) is 0. The maximum atomic E-state index is 12.1. The van der Waals surface area contributed by atoms with Crippen LogP contribution in [0.5, 0.6) is 5.88 Å². The van der Waals surface area contributed by atoms with Crippen molar-refractivity contribution < 1.29 is 17.9 Å². The van der Waals surface area contributed by atoms with Crippen molar-refractivity contribution in [3.63, 3.8) is 0 Å². The molecule has 0 saturated heterocycles. The molecule has 72 valence electrons. The molecule has 0 amide bonds. The number of nitrogens with zero attached hydrogens (tertiary/aromatic N) is 2. The molecule has 0 aliphatic rings. The Morgan fingerprint density at radius 1 is 1.46 bits per heavy atom. The lowest BCUT2D eigenvalue weighted by Gasteiger charge is -2.04. The van der Waals surface area contributed by atoms with Gasteiger partial charge in [0, 0.05) is 6.07 Å². The number of ether oxygens (including phenoxy) is 1. The third-order valence-corrected chi connectivity index (χ3v) is 1.21. The number of aromatic nitrogens is 2. The largest absolute Gasteiger partial charge is 0.417 e. The summed E-state index contributed by atoms with van der Waals surface area (Å²) in [5.41, 5.74) is 0.0307. The Balaban J connectivity index is 2.88. The highest BCUT2D eigenvalue weighted by Crippen LogP contribution is 2.12. The molecule has 1 heterocycles. The number of aryl methyl sites for hydroxylation is 1. The predicted molar refractivity (Wildman–Crippen MR) is 38.2 cm³/mol. The summed E-state index contributed by atoms with van der Waals surface area (Å²) in [5.74, 6) is -0.110. The number of hydrogen-bond donors (Lipinski definition) is 0. The molecular weight excluding hydrogens is 185 g/mol. The van der Waals surface area contributed by atoms with Gasteiger partial charge in [0.25, 0.3) is 0 Å². The Labute approximate surface area is 72.6 Å². The number of hydrogen-bond acceptors (Lipinski definition) is 3. The standard InChI is InChI=1S/C7H7F3N2O/c1-4-11-5(3-8)2-6(12-4)13-7(9)10/h2,7H,3H2,1H3. The van der Waals surface area contributed by atoms with E-state index in [0.29, 0.717) is 0 Å². The van der Waals surface area contributed by atoms with Gasteiger partial charge >= 0.3 is 6.61 Å². The lowest BCUT2D eigenvalue weighted by Crippen LogP contribution is -2.06. The second-order valence-corrected chi connectivity index (χ2v) is 2.26. The van der Waals surface area contributed by atoms with Crippen LogP contribution >= 0.6 is 0 Å². The van der Waals surface area contributed by atoms with E-state index >= 15 is 0 Å². The zero-order valence-electron chi connectivity index (χ0n) is 6.80. The van der Waals surface area contributed by atoms with E-state index in [1.165, 1.54) is 6.92 Å². The lowest BCUT2D eigenvalue weighted by atomic mass is 10.4. The molecule has 1 aromatic rings. The van der Waals surface area contributed by atoms with Crippen LogP contribution in [-0.4, -0.2) is 16.6 Å². The summed E-state index contributed by atoms with van der Waals surface area (Å²) in [6.07, 6.45) is 0. The maximum Gasteiger partial charge on any atom is 0.388 e. The van der Waals surface area contributed by atoms with Crippen molar-refractivity contribution in [2.24, 2.45) is 0 Å². The fourth-order valence-electron chi connectivity index (χ4n) is 0.819. The first kappa shape index (κ1) is 9.76. The van der Waals surface area contributed by atoms with Crippen LogP contribution in [0.3, 0.4) is 0 Å². The topological polar surface area (TPSA) is 35.0 Å². The summed E-state index contributed by atoms with van der Waals surface area (Å²) >= 11 is 0. The van der Waals surface area contributed by atoms with Crippen LogP contribution in [0.2, 0.25) is 0 Å². The van der Waals surface area contributed by atoms with Gasteiger partial charge in [0.1, 0.15) is 12.5 Å². The van der Waals surface area contributed by atoms with Gasteiger partial charge in [0.15, 0.2) is 0 Å². The van der Waals surface area contributed by atoms with E-state index in [4.69, 9.17) is 0 Å². The second kappa shape index (κ2) is 4.06. The minimum absolute atomic E-state index is 0.0307. The van der Waals surface area contributed by atoms with Crippen LogP contribution in [0, 0.1) is 6.92 Å². The molecule has 0 saturated carbocycles. The van der Waals surface area contributed by atoms with Gasteiger partial charge in [-0.15, -0.1) is 0 Å². The molecule has 0 unspecified atom stereocenters. The zero-order chi connectivity index (χ0) is 9.84. The van der Waals surface area contributed by atoms with Crippen LogP contribution in [0.25, 0.3) is 0 Å². The summed E-state index contributed by atoms with van der Waals surface area (Å²) in [7, 11) is 0. The Bertz CT molecular complexity index is 293. The van der Waals surface area contributed by atoms with Crippen LogP contribution in [0.15, 0.2) is 6.07 Å². The first-order valence-electron chi connectivity index (χ1n) is 3.47. The van der Waals surface area contributed by atoms with Gasteiger partial charge in [-0.1, -0.05) is 0 Å². The van der Waals surface area contributed by atoms with E-state index in [-0.39, 0.29) is 17.4 Å². The van der Waals surface area contributed by atoms with E-state index in [2.05, 4.69) is 14.7 Å². The number of rotatable bonds is 3. The highest BCUT2D eigenvalue weighted by Gasteiger charge is 2.07. The molecule has 3 nitrogen and oxygen atoms in total. The van der Waals surface area contributed by atoms with Crippen LogP contribution in [-0.2, 0) is 6.67 Å². The van der Waals surface area contributed by atoms with Crippen molar-refractivity contribution >= 4 is 0 Å². The first-order chi connectivity index (χ1) is 6.11. The summed E-state index contributed by atoms with van der Waals surface area (Å²) in [6, 6.07) is 1.04. The van der Waals surface area contributed by atoms with Gasteiger partial charge < -0.3 is 4.74 Å². The van der Waals surface area contributed by atoms with Gasteiger partial charge in [-0.25, -0.2) is 9.37 Å². The predicted octanol–water partition coefficient (Wildman–Crippen LogP) is 1.86. The number of alkyl halides is 3. The van der Waals surface area contributed by atoms with Gasteiger partial charge in [-0.05, 0) is 6.92 Å². The summed E-state index contributed by atoms with van der Waals surface area (Å²) in [6.45, 7) is -2.32. The fraction of sp³-hybridized carbons (Fsp3) is 0.429. The SMILES string of the molecule is Cc1nc(CF)cc(OC(F)F)n1. The van der Waals surface area contributed by atoms with Crippen LogP contribution in [0.1, 0.15) is 11.5 Å². The maximum absolute atomic E-state index is 12.1. The average molecular weight is 192 g/mol. The van der Waals surface area contributed by atoms with Gasteiger partial charge in [-0.2, -0.15) is 13.8 Å². The monoisotopic (exact) mass is 192 g/mol. The normalized spacial score (nSPS) is 10.5. The van der Waals surface area contributed by atoms with E-state index in [9.17, 15) is 13.2 Å². The van der Waals surface area contributed by atoms with Gasteiger partial charge in [0.2, 0.25) is 5.88 Å². The van der Waals surface area contributed by atoms with E-state index < -0.39 is 13.3 Å². The van der Waals surface area contributed by atoms with E-state index in [0.717, 1.165) is 6.07 Å². The molecule has 0 aliphatic heterocycles. The minimum atomic E-state index is -2.96. The Kier molecular flexibility index (Phi) is 3.05. The molecule has 0 N–H and O–H groups in total. The summed E-state index contributed by atoms with van der Waals surface area (Å²) in [4.78, 5) is 7.19. The first-order valence-corrected chi connectivity index (χ1v) is 3.47. The molecule has 0 bridgehead atoms. The van der Waals surface area contributed by atoms with Crippen molar-refractivity contribution in [3.05, 3.63) is 17.6 Å². The van der Waals surface area contributed by atoms with Crippen LogP contribution < -0.4 is 4.74 Å². The van der Waals surface area contributed by atoms with Gasteiger partial charge in [-0.3, -0.25) is 0 Å². The molecule has 1 aromatic heterocycles. The van der Waals surface area contributed by atoms with Crippen molar-refractivity contribution in [1.82, 2.24) is 9.97 Å². The molecule has 6 heteroatoms. The molecule has 1 rings (SSSR count). The second-order valence-electron chi connectivity index (χ2n) is 2.26. The summed E-state index contributed by atoms with van der Waals surface area (Å²) < 4.78 is 39.5. The molecule has 13 heavy (non-hydrogen) atoms. The Morgan fingerprint density at radius 2 is 2.15 bits per heavy atom. The number of halogens is 3.